The fourth-order valence-electron chi connectivity index (χ4n) is 0. The van der Waals surface area contributed by atoms with Crippen molar-refractivity contribution in [1.82, 2.24) is 0 Å². The molecule has 7 heavy (non-hydrogen) atoms. The van der Waals surface area contributed by atoms with E-state index >= 15 is 0 Å². The molecular weight excluding hydrogens is 153 g/mol. The predicted octanol–water partition coefficient (Wildman–Crippen LogP) is -1.89. The van der Waals surface area contributed by atoms with E-state index in [2.05, 4.69) is 0 Å². The summed E-state index contributed by atoms with van der Waals surface area (Å²) in [5, 5.41) is 14.8. The Hall–Kier alpha value is -0.374. The van der Waals surface area contributed by atoms with Crippen molar-refractivity contribution in [3.8, 4) is 0 Å². The van der Waals surface area contributed by atoms with E-state index in [1.807, 2.05) is 0 Å². The normalized spacial score (nSPS) is 3.43. The molecule has 0 heterocycles. The molecule has 1 radical (unpaired) electrons. The Labute approximate surface area is 49.1 Å². The van der Waals surface area contributed by atoms with E-state index in [9.17, 15) is 0 Å². The van der Waals surface area contributed by atoms with Crippen LogP contribution in [0.1, 0.15) is 0 Å². The van der Waals surface area contributed by atoms with E-state index in [-0.39, 0.29) is 27.7 Å². The quantitative estimate of drug-likeness (QED) is 0.300. The summed E-state index contributed by atoms with van der Waals surface area (Å²) in [6, 6.07) is 0. The zero-order valence-electron chi connectivity index (χ0n) is 3.01. The van der Waals surface area contributed by atoms with Gasteiger partial charge in [0.05, 0.1) is 5.09 Å². The standard InChI is InChI=1S/Co.NO3.2H2O/c;2-1(3)4;;/h;;2*1H2/q;-1;;. The molecule has 0 amide bonds. The third kappa shape index (κ3) is 530. The molecule has 0 aromatic heterocycles. The minimum Gasteiger partial charge on any atom is -0.412 e. The zero-order chi connectivity index (χ0) is 3.58. The van der Waals surface area contributed by atoms with Crippen LogP contribution in [-0.4, -0.2) is 16.0 Å². The molecule has 0 spiro atoms. The van der Waals surface area contributed by atoms with Gasteiger partial charge in [-0.15, -0.1) is 0 Å². The summed E-state index contributed by atoms with van der Waals surface area (Å²) < 4.78 is 0. The number of rotatable bonds is 0. The Morgan fingerprint density at radius 3 is 1.14 bits per heavy atom. The molecule has 0 aromatic carbocycles. The van der Waals surface area contributed by atoms with Crippen molar-refractivity contribution in [1.29, 1.82) is 0 Å². The van der Waals surface area contributed by atoms with E-state index in [1.165, 1.54) is 0 Å². The maximum Gasteiger partial charge on any atom is 0.0689 e. The molecule has 0 aromatic rings. The van der Waals surface area contributed by atoms with E-state index < -0.39 is 5.09 Å². The molecule has 0 aliphatic carbocycles. The first kappa shape index (κ1) is 30.4. The van der Waals surface area contributed by atoms with Gasteiger partial charge in [0.15, 0.2) is 0 Å². The summed E-state index contributed by atoms with van der Waals surface area (Å²) >= 11 is 0. The Bertz CT molecular complexity index is 31.1. The Kier molecular flexibility index (Phi) is 75.8. The Morgan fingerprint density at radius 2 is 1.14 bits per heavy atom. The van der Waals surface area contributed by atoms with Crippen LogP contribution in [0.2, 0.25) is 0 Å². The SMILES string of the molecule is O.O.O=[N+]([O-])[O-].[Co]. The third-order valence-electron chi connectivity index (χ3n) is 0. The van der Waals surface area contributed by atoms with Gasteiger partial charge in [0.1, 0.15) is 0 Å². The summed E-state index contributed by atoms with van der Waals surface area (Å²) in [5.74, 6) is 0. The minimum absolute atomic E-state index is 0. The second-order valence-corrected chi connectivity index (χ2v) is 0.224. The van der Waals surface area contributed by atoms with Crippen LogP contribution in [0.25, 0.3) is 0 Å². The molecule has 0 aliphatic heterocycles. The second-order valence-electron chi connectivity index (χ2n) is 0.224. The van der Waals surface area contributed by atoms with Gasteiger partial charge in [-0.05, 0) is 0 Å². The summed E-state index contributed by atoms with van der Waals surface area (Å²) in [7, 11) is 0. The molecule has 0 aliphatic rings. The summed E-state index contributed by atoms with van der Waals surface area (Å²) in [6.45, 7) is 0. The largest absolute Gasteiger partial charge is 0.412 e. The molecule has 0 saturated carbocycles. The van der Waals surface area contributed by atoms with Crippen molar-refractivity contribution in [2.24, 2.45) is 0 Å². The maximum absolute atomic E-state index is 8.25. The van der Waals surface area contributed by atoms with Gasteiger partial charge in [0.2, 0.25) is 0 Å². The van der Waals surface area contributed by atoms with Crippen LogP contribution in [-0.2, 0) is 16.8 Å². The summed E-state index contributed by atoms with van der Waals surface area (Å²) in [5.41, 5.74) is 0. The average molecular weight is 157 g/mol. The van der Waals surface area contributed by atoms with E-state index in [0.29, 0.717) is 0 Å². The molecule has 0 unspecified atom stereocenters. The molecule has 0 atom stereocenters. The van der Waals surface area contributed by atoms with Crippen molar-refractivity contribution < 1.29 is 32.8 Å². The van der Waals surface area contributed by atoms with Crippen molar-refractivity contribution in [3.63, 3.8) is 0 Å². The third-order valence-corrected chi connectivity index (χ3v) is 0. The van der Waals surface area contributed by atoms with Crippen molar-refractivity contribution in [2.75, 3.05) is 0 Å². The Balaban J connectivity index is -0.0000000150. The average Bonchev–Trinajstić information content (AvgIpc) is 0.811. The zero-order valence-corrected chi connectivity index (χ0v) is 4.05. The van der Waals surface area contributed by atoms with Crippen LogP contribution in [0.5, 0.6) is 0 Å². The van der Waals surface area contributed by atoms with E-state index in [0.717, 1.165) is 0 Å². The number of nitrogens with zero attached hydrogens (tertiary/aromatic N) is 1. The summed E-state index contributed by atoms with van der Waals surface area (Å²) in [6.07, 6.45) is 0. The van der Waals surface area contributed by atoms with Crippen LogP contribution in [0.3, 0.4) is 0 Å². The molecule has 0 rings (SSSR count). The van der Waals surface area contributed by atoms with Crippen LogP contribution in [0.15, 0.2) is 0 Å². The van der Waals surface area contributed by atoms with Gasteiger partial charge >= 0.3 is 0 Å². The van der Waals surface area contributed by atoms with Gasteiger partial charge in [-0.25, -0.2) is 0 Å². The fourth-order valence-corrected chi connectivity index (χ4v) is 0. The molecule has 6 nitrogen and oxygen atoms in total. The second kappa shape index (κ2) is 17.5. The number of hydrogen-bond donors (Lipinski definition) is 0. The first-order chi connectivity index (χ1) is 1.73. The van der Waals surface area contributed by atoms with Gasteiger partial charge in [0, 0.05) is 16.8 Å². The van der Waals surface area contributed by atoms with E-state index in [4.69, 9.17) is 15.3 Å². The van der Waals surface area contributed by atoms with Crippen molar-refractivity contribution >= 4 is 0 Å². The topological polar surface area (TPSA) is 129 Å². The van der Waals surface area contributed by atoms with Gasteiger partial charge in [-0.2, -0.15) is 0 Å². The van der Waals surface area contributed by atoms with Crippen LogP contribution < -0.4 is 0 Å². The van der Waals surface area contributed by atoms with Gasteiger partial charge < -0.3 is 26.3 Å². The first-order valence-electron chi connectivity index (χ1n) is 0.548. The molecule has 0 fully saturated rings. The molecule has 4 N–H and O–H groups in total. The maximum atomic E-state index is 8.25. The fraction of sp³-hybridized carbons (Fsp3) is 0. The molecule has 0 saturated heterocycles. The first-order valence-corrected chi connectivity index (χ1v) is 0.548. The molecule has 0 bridgehead atoms. The van der Waals surface area contributed by atoms with Crippen LogP contribution in [0, 0.1) is 15.3 Å². The minimum atomic E-state index is -1.75. The Morgan fingerprint density at radius 1 is 1.14 bits per heavy atom. The molecule has 7 heteroatoms. The van der Waals surface area contributed by atoms with Crippen molar-refractivity contribution in [3.05, 3.63) is 15.3 Å². The monoisotopic (exact) mass is 157 g/mol. The molecular formula is H4CoNO5-. The summed E-state index contributed by atoms with van der Waals surface area (Å²) in [4.78, 5) is 8.25. The predicted molar refractivity (Wildman–Crippen MR) is 17.6 cm³/mol. The molecule has 49 valence electrons. The smallest absolute Gasteiger partial charge is 0.0689 e. The number of hydrogen-bond acceptors (Lipinski definition) is 3. The van der Waals surface area contributed by atoms with E-state index in [1.54, 1.807) is 0 Å². The van der Waals surface area contributed by atoms with Gasteiger partial charge in [0.25, 0.3) is 0 Å². The van der Waals surface area contributed by atoms with Gasteiger partial charge in [-0.3, -0.25) is 0 Å². The van der Waals surface area contributed by atoms with Crippen LogP contribution in [0.4, 0.5) is 0 Å². The van der Waals surface area contributed by atoms with Crippen molar-refractivity contribution in [2.45, 2.75) is 0 Å². The van der Waals surface area contributed by atoms with Crippen LogP contribution >= 0.6 is 0 Å². The van der Waals surface area contributed by atoms with Gasteiger partial charge in [-0.1, -0.05) is 0 Å².